The Labute approximate surface area is 178 Å². The molecule has 0 bridgehead atoms. The van der Waals surface area contributed by atoms with Gasteiger partial charge in [-0.1, -0.05) is 32.3 Å². The fraction of sp³-hybridized carbons (Fsp3) is 0.440. The van der Waals surface area contributed by atoms with Gasteiger partial charge in [-0.05, 0) is 55.0 Å². The van der Waals surface area contributed by atoms with Crippen LogP contribution < -0.4 is 4.74 Å². The molecule has 0 amide bonds. The summed E-state index contributed by atoms with van der Waals surface area (Å²) >= 11 is 0. The number of carbonyl (C=O) groups is 1. The molecule has 0 aliphatic heterocycles. The van der Waals surface area contributed by atoms with Gasteiger partial charge in [-0.2, -0.15) is 0 Å². The third kappa shape index (κ3) is 3.57. The number of hydrogen-bond acceptors (Lipinski definition) is 4. The van der Waals surface area contributed by atoms with E-state index in [1.807, 2.05) is 6.07 Å². The van der Waals surface area contributed by atoms with E-state index in [0.717, 1.165) is 23.2 Å². The summed E-state index contributed by atoms with van der Waals surface area (Å²) in [6.07, 6.45) is 7.34. The first-order valence-corrected chi connectivity index (χ1v) is 10.8. The van der Waals surface area contributed by atoms with Crippen molar-refractivity contribution < 1.29 is 14.3 Å². The van der Waals surface area contributed by atoms with Crippen molar-refractivity contribution in [3.63, 3.8) is 0 Å². The van der Waals surface area contributed by atoms with E-state index >= 15 is 0 Å². The Morgan fingerprint density at radius 3 is 2.57 bits per heavy atom. The lowest BCUT2D eigenvalue weighted by molar-refractivity contribution is 0.0596. The molecule has 158 valence electrons. The van der Waals surface area contributed by atoms with Crippen molar-refractivity contribution >= 4 is 16.9 Å². The highest BCUT2D eigenvalue weighted by molar-refractivity contribution is 5.93. The largest absolute Gasteiger partial charge is 0.480 e. The fourth-order valence-electron chi connectivity index (χ4n) is 4.78. The minimum Gasteiger partial charge on any atom is -0.480 e. The molecule has 1 saturated carbocycles. The molecule has 1 fully saturated rings. The molecule has 4 rings (SSSR count). The summed E-state index contributed by atoms with van der Waals surface area (Å²) in [5.41, 5.74) is 5.93. The van der Waals surface area contributed by atoms with Crippen LogP contribution in [0.3, 0.4) is 0 Å². The highest BCUT2D eigenvalue weighted by Crippen LogP contribution is 2.37. The third-order valence-electron chi connectivity index (χ3n) is 6.42. The molecule has 3 aromatic rings. The number of hydrogen-bond donors (Lipinski definition) is 0. The number of fused-ring (bicyclic) bond motifs is 1. The maximum Gasteiger partial charge on any atom is 0.343 e. The maximum absolute atomic E-state index is 12.1. The van der Waals surface area contributed by atoms with Crippen molar-refractivity contribution in [2.45, 2.75) is 51.4 Å². The number of nitrogens with zero attached hydrogens (tertiary/aromatic N) is 2. The van der Waals surface area contributed by atoms with Crippen molar-refractivity contribution in [1.29, 1.82) is 0 Å². The Bertz CT molecular complexity index is 1080. The number of rotatable bonds is 5. The minimum absolute atomic E-state index is 0.296. The SMILES string of the molecule is CCc1cc(C(=O)OC)c(OC)nc1-c1ccc2c(c1)cc(C1CCCCC1)n2C. The molecule has 2 heterocycles. The summed E-state index contributed by atoms with van der Waals surface area (Å²) in [7, 11) is 5.07. The molecule has 0 saturated heterocycles. The zero-order chi connectivity index (χ0) is 21.3. The second-order valence-electron chi connectivity index (χ2n) is 8.13. The number of esters is 1. The van der Waals surface area contributed by atoms with E-state index in [-0.39, 0.29) is 0 Å². The summed E-state index contributed by atoms with van der Waals surface area (Å²) < 4.78 is 12.6. The van der Waals surface area contributed by atoms with Crippen LogP contribution in [0.2, 0.25) is 0 Å². The number of benzene rings is 1. The van der Waals surface area contributed by atoms with Gasteiger partial charge in [0.1, 0.15) is 5.56 Å². The van der Waals surface area contributed by atoms with Crippen LogP contribution in [-0.4, -0.2) is 29.7 Å². The number of ether oxygens (including phenoxy) is 2. The molecule has 5 heteroatoms. The van der Waals surface area contributed by atoms with Crippen LogP contribution in [0.15, 0.2) is 30.3 Å². The molecule has 30 heavy (non-hydrogen) atoms. The smallest absolute Gasteiger partial charge is 0.343 e. The van der Waals surface area contributed by atoms with Gasteiger partial charge in [0.2, 0.25) is 5.88 Å². The van der Waals surface area contributed by atoms with E-state index < -0.39 is 5.97 Å². The average Bonchev–Trinajstić information content (AvgIpc) is 3.13. The van der Waals surface area contributed by atoms with E-state index in [1.54, 1.807) is 0 Å². The Morgan fingerprint density at radius 2 is 1.90 bits per heavy atom. The monoisotopic (exact) mass is 406 g/mol. The number of aryl methyl sites for hydroxylation is 2. The first-order valence-electron chi connectivity index (χ1n) is 10.8. The van der Waals surface area contributed by atoms with Gasteiger partial charge in [0.25, 0.3) is 0 Å². The van der Waals surface area contributed by atoms with Crippen LogP contribution >= 0.6 is 0 Å². The number of methoxy groups -OCH3 is 2. The highest BCUT2D eigenvalue weighted by Gasteiger charge is 2.21. The summed E-state index contributed by atoms with van der Waals surface area (Å²) in [4.78, 5) is 16.8. The van der Waals surface area contributed by atoms with Gasteiger partial charge in [-0.3, -0.25) is 0 Å². The Balaban J connectivity index is 1.80. The highest BCUT2D eigenvalue weighted by atomic mass is 16.5. The van der Waals surface area contributed by atoms with Crippen LogP contribution in [0, 0.1) is 0 Å². The van der Waals surface area contributed by atoms with E-state index in [2.05, 4.69) is 42.8 Å². The van der Waals surface area contributed by atoms with E-state index in [9.17, 15) is 4.79 Å². The Morgan fingerprint density at radius 1 is 1.13 bits per heavy atom. The molecule has 2 aromatic heterocycles. The minimum atomic E-state index is -0.434. The summed E-state index contributed by atoms with van der Waals surface area (Å²) in [5, 5.41) is 1.23. The molecule has 1 aromatic carbocycles. The number of pyridine rings is 1. The van der Waals surface area contributed by atoms with Crippen molar-refractivity contribution in [2.24, 2.45) is 7.05 Å². The van der Waals surface area contributed by atoms with Crippen LogP contribution in [0.1, 0.15) is 66.6 Å². The molecule has 0 N–H and O–H groups in total. The van der Waals surface area contributed by atoms with Gasteiger partial charge in [0, 0.05) is 29.2 Å². The second-order valence-corrected chi connectivity index (χ2v) is 8.13. The predicted molar refractivity (Wildman–Crippen MR) is 119 cm³/mol. The molecule has 1 aliphatic carbocycles. The van der Waals surface area contributed by atoms with Crippen molar-refractivity contribution in [1.82, 2.24) is 9.55 Å². The molecule has 0 atom stereocenters. The maximum atomic E-state index is 12.1. The first-order chi connectivity index (χ1) is 14.6. The van der Waals surface area contributed by atoms with E-state index in [0.29, 0.717) is 17.4 Å². The van der Waals surface area contributed by atoms with Crippen LogP contribution in [0.4, 0.5) is 0 Å². The molecule has 0 spiro atoms. The van der Waals surface area contributed by atoms with Crippen molar-refractivity contribution in [3.8, 4) is 17.1 Å². The van der Waals surface area contributed by atoms with Crippen LogP contribution in [0.25, 0.3) is 22.2 Å². The average molecular weight is 407 g/mol. The zero-order valence-corrected chi connectivity index (χ0v) is 18.3. The van der Waals surface area contributed by atoms with Crippen LogP contribution in [-0.2, 0) is 18.2 Å². The van der Waals surface area contributed by atoms with Gasteiger partial charge in [-0.15, -0.1) is 0 Å². The predicted octanol–water partition coefficient (Wildman–Crippen LogP) is 5.65. The van der Waals surface area contributed by atoms with Gasteiger partial charge < -0.3 is 14.0 Å². The normalized spacial score (nSPS) is 14.8. The van der Waals surface area contributed by atoms with Gasteiger partial charge in [0.05, 0.1) is 19.9 Å². The van der Waals surface area contributed by atoms with Gasteiger partial charge >= 0.3 is 5.97 Å². The quantitative estimate of drug-likeness (QED) is 0.514. The lowest BCUT2D eigenvalue weighted by atomic mass is 9.87. The standard InChI is InChI=1S/C25H30N2O3/c1-5-16-14-20(25(28)30-4)24(29-3)26-23(16)18-11-12-21-19(13-18)15-22(27(21)2)17-9-7-6-8-10-17/h11-15,17H,5-10H2,1-4H3. The van der Waals surface area contributed by atoms with Gasteiger partial charge in [0.15, 0.2) is 0 Å². The molecule has 0 unspecified atom stereocenters. The number of carbonyl (C=O) groups excluding carboxylic acids is 1. The lowest BCUT2D eigenvalue weighted by Crippen LogP contribution is -2.08. The zero-order valence-electron chi connectivity index (χ0n) is 18.3. The van der Waals surface area contributed by atoms with Crippen molar-refractivity contribution in [2.75, 3.05) is 14.2 Å². The molecule has 0 radical (unpaired) electrons. The summed E-state index contributed by atoms with van der Waals surface area (Å²) in [5.74, 6) is 0.518. The molecular weight excluding hydrogens is 376 g/mol. The lowest BCUT2D eigenvalue weighted by Gasteiger charge is -2.22. The molecular formula is C25H30N2O3. The van der Waals surface area contributed by atoms with E-state index in [1.165, 1.54) is 62.9 Å². The summed E-state index contributed by atoms with van der Waals surface area (Å²) in [6.45, 7) is 2.07. The van der Waals surface area contributed by atoms with E-state index in [4.69, 9.17) is 14.5 Å². The first kappa shape index (κ1) is 20.5. The molecule has 5 nitrogen and oxygen atoms in total. The second kappa shape index (κ2) is 8.50. The Kier molecular flexibility index (Phi) is 5.80. The van der Waals surface area contributed by atoms with Crippen LogP contribution in [0.5, 0.6) is 5.88 Å². The van der Waals surface area contributed by atoms with Crippen molar-refractivity contribution in [3.05, 3.63) is 47.2 Å². The third-order valence-corrected chi connectivity index (χ3v) is 6.42. The topological polar surface area (TPSA) is 53.4 Å². The summed E-state index contributed by atoms with van der Waals surface area (Å²) in [6, 6.07) is 10.7. The van der Waals surface area contributed by atoms with Gasteiger partial charge in [-0.25, -0.2) is 9.78 Å². The fourth-order valence-corrected chi connectivity index (χ4v) is 4.78. The number of aromatic nitrogens is 2. The Hall–Kier alpha value is -2.82. The molecule has 1 aliphatic rings.